The molecular weight excluding hydrogens is 720 g/mol. The summed E-state index contributed by atoms with van der Waals surface area (Å²) in [6.45, 7) is 18.5. The van der Waals surface area contributed by atoms with E-state index < -0.39 is 0 Å². The molecule has 0 saturated carbocycles. The molecule has 8 aromatic carbocycles. The van der Waals surface area contributed by atoms with Gasteiger partial charge in [-0.05, 0) is 61.1 Å². The number of rotatable bonds is 4. The first-order valence-electron chi connectivity index (χ1n) is 17.4. The van der Waals surface area contributed by atoms with E-state index in [1.54, 1.807) is 0 Å². The normalized spacial score (nSPS) is 10.6. The first-order chi connectivity index (χ1) is 24.1. The second kappa shape index (κ2) is 17.6. The Balaban J connectivity index is 0.000000217. The molecule has 8 rings (SSSR count). The Morgan fingerprint density at radius 3 is 1.62 bits per heavy atom. The van der Waals surface area contributed by atoms with Crippen molar-refractivity contribution < 1.29 is 23.3 Å². The monoisotopic (exact) mass is 768 g/mol. The maximum atomic E-state index is 3.06. The molecule has 0 amide bonds. The molecule has 0 aliphatic carbocycles. The third-order valence-electron chi connectivity index (χ3n) is 9.57. The van der Waals surface area contributed by atoms with Crippen LogP contribution in [0.3, 0.4) is 0 Å². The van der Waals surface area contributed by atoms with Crippen LogP contribution in [0.25, 0.3) is 65.7 Å². The molecule has 0 unspecified atom stereocenters. The van der Waals surface area contributed by atoms with Gasteiger partial charge in [0, 0.05) is 0 Å². The van der Waals surface area contributed by atoms with Crippen LogP contribution in [0.5, 0.6) is 0 Å². The van der Waals surface area contributed by atoms with E-state index in [4.69, 9.17) is 0 Å². The standard InChI is InChI=1S/C26H25.C22H19.2CH3.Si.Zr/c1-16-6-17(2)9-21(8-16)22-14-24-12-20(5)13-25(24)26(15-22)23-10-18(3)7-19(4)11-23;1-15(2)18-13-17-9-6-12-21(22(17)14-18)20-11-5-8-16-7-3-4-10-19(16)20;;;;/h6-15H,1-5H3;3-15H,1-2H3;2*1H3;;/q4*-1;;. The molecule has 0 bridgehead atoms. The number of hydrogen-bond acceptors (Lipinski definition) is 0. The second-order valence-corrected chi connectivity index (χ2v) is 14.1. The molecular formula is C50H50SiZr-4. The summed E-state index contributed by atoms with van der Waals surface area (Å²) in [6.07, 6.45) is 0. The van der Waals surface area contributed by atoms with E-state index in [-0.39, 0.29) is 14.9 Å². The van der Waals surface area contributed by atoms with Crippen LogP contribution in [-0.2, 0) is 23.3 Å². The molecule has 0 N–H and O–H groups in total. The SMILES string of the molecule is CC(C)c1cc2c(-c3cccc4ccccc34)cccc2[cH-]1.Cc1cc(C)cc(-c2cc(-c3cc(C)cc(C)c3)c3cc(C)[cH-]c3c2)c1.[CH3-].[CH3-].[Si]=[Zr]. The van der Waals surface area contributed by atoms with Gasteiger partial charge in [0.15, 0.2) is 0 Å². The number of fused-ring (bicyclic) bond motifs is 3. The van der Waals surface area contributed by atoms with Crippen LogP contribution in [0.1, 0.15) is 53.1 Å². The summed E-state index contributed by atoms with van der Waals surface area (Å²) in [5, 5.41) is 8.00. The van der Waals surface area contributed by atoms with Crippen molar-refractivity contribution >= 4 is 39.2 Å². The van der Waals surface area contributed by atoms with Gasteiger partial charge in [-0.25, -0.2) is 0 Å². The minimum atomic E-state index is 0. The summed E-state index contributed by atoms with van der Waals surface area (Å²) in [5.41, 5.74) is 15.9. The molecule has 0 saturated heterocycles. The van der Waals surface area contributed by atoms with Gasteiger partial charge in [0.05, 0.1) is 0 Å². The van der Waals surface area contributed by atoms with Crippen molar-refractivity contribution in [1.82, 2.24) is 0 Å². The van der Waals surface area contributed by atoms with Gasteiger partial charge in [0.1, 0.15) is 0 Å². The van der Waals surface area contributed by atoms with Crippen LogP contribution < -0.4 is 0 Å². The van der Waals surface area contributed by atoms with Crippen molar-refractivity contribution in [1.29, 1.82) is 0 Å². The third kappa shape index (κ3) is 8.74. The third-order valence-corrected chi connectivity index (χ3v) is 9.57. The first-order valence-corrected chi connectivity index (χ1v) is 21.6. The summed E-state index contributed by atoms with van der Waals surface area (Å²) < 4.78 is 0. The van der Waals surface area contributed by atoms with E-state index in [9.17, 15) is 0 Å². The van der Waals surface area contributed by atoms with Crippen LogP contribution in [-0.4, -0.2) is 6.88 Å². The molecule has 0 heterocycles. The van der Waals surface area contributed by atoms with Crippen molar-refractivity contribution in [3.05, 3.63) is 182 Å². The molecule has 0 atom stereocenters. The molecule has 0 aliphatic heterocycles. The van der Waals surface area contributed by atoms with E-state index in [2.05, 4.69) is 189 Å². The molecule has 0 fully saturated rings. The van der Waals surface area contributed by atoms with Crippen molar-refractivity contribution in [2.24, 2.45) is 0 Å². The van der Waals surface area contributed by atoms with E-state index in [1.165, 1.54) is 122 Å². The van der Waals surface area contributed by atoms with E-state index in [0.717, 1.165) is 0 Å². The first kappa shape index (κ1) is 40.7. The Morgan fingerprint density at radius 1 is 0.462 bits per heavy atom. The van der Waals surface area contributed by atoms with Gasteiger partial charge in [0.25, 0.3) is 0 Å². The summed E-state index contributed by atoms with van der Waals surface area (Å²) in [4.78, 5) is 0. The zero-order valence-corrected chi connectivity index (χ0v) is 35.7. The zero-order valence-electron chi connectivity index (χ0n) is 32.3. The number of benzene rings is 6. The Kier molecular flexibility index (Phi) is 13.8. The van der Waals surface area contributed by atoms with E-state index in [1.807, 2.05) is 0 Å². The van der Waals surface area contributed by atoms with Crippen molar-refractivity contribution in [3.8, 4) is 33.4 Å². The van der Waals surface area contributed by atoms with Gasteiger partial charge in [-0.1, -0.05) is 151 Å². The summed E-state index contributed by atoms with van der Waals surface area (Å²) >= 11 is 1.36. The molecule has 0 spiro atoms. The van der Waals surface area contributed by atoms with Crippen LogP contribution in [0.15, 0.2) is 133 Å². The van der Waals surface area contributed by atoms with E-state index in [0.29, 0.717) is 5.92 Å². The Labute approximate surface area is 329 Å². The predicted octanol–water partition coefficient (Wildman–Crippen LogP) is 14.5. The molecule has 262 valence electrons. The van der Waals surface area contributed by atoms with Gasteiger partial charge in [-0.2, -0.15) is 12.1 Å². The average molecular weight is 770 g/mol. The molecule has 2 heteroatoms. The van der Waals surface area contributed by atoms with Gasteiger partial charge in [-0.3, -0.25) is 0 Å². The molecule has 0 aliphatic rings. The maximum absolute atomic E-state index is 3.06. The van der Waals surface area contributed by atoms with E-state index >= 15 is 0 Å². The fourth-order valence-corrected chi connectivity index (χ4v) is 7.43. The summed E-state index contributed by atoms with van der Waals surface area (Å²) in [7, 11) is 0. The van der Waals surface area contributed by atoms with Crippen LogP contribution in [0.4, 0.5) is 0 Å². The Bertz CT molecular complexity index is 2410. The molecule has 0 aromatic heterocycles. The Hall–Kier alpha value is -4.10. The second-order valence-electron chi connectivity index (χ2n) is 14.1. The number of aryl methyl sites for hydroxylation is 5. The molecule has 0 nitrogen and oxygen atoms in total. The molecule has 2 radical (unpaired) electrons. The zero-order chi connectivity index (χ0) is 35.5. The van der Waals surface area contributed by atoms with Crippen molar-refractivity contribution in [2.45, 2.75) is 54.4 Å². The van der Waals surface area contributed by atoms with Gasteiger partial charge in [0.2, 0.25) is 0 Å². The molecule has 52 heavy (non-hydrogen) atoms. The quantitative estimate of drug-likeness (QED) is 0.124. The topological polar surface area (TPSA) is 0 Å². The van der Waals surface area contributed by atoms with Crippen LogP contribution in [0, 0.1) is 49.5 Å². The van der Waals surface area contributed by atoms with Crippen LogP contribution >= 0.6 is 0 Å². The predicted molar refractivity (Wildman–Crippen MR) is 229 cm³/mol. The van der Waals surface area contributed by atoms with Gasteiger partial charge < -0.3 is 14.9 Å². The fraction of sp³-hybridized carbons (Fsp3) is 0.160. The number of hydrogen-bond donors (Lipinski definition) is 0. The van der Waals surface area contributed by atoms with Crippen LogP contribution in [0.2, 0.25) is 0 Å². The van der Waals surface area contributed by atoms with Crippen molar-refractivity contribution in [2.75, 3.05) is 0 Å². The summed E-state index contributed by atoms with van der Waals surface area (Å²) in [6, 6.07) is 49.5. The minimum absolute atomic E-state index is 0. The van der Waals surface area contributed by atoms with Gasteiger partial charge in [-0.15, -0.1) is 63.0 Å². The van der Waals surface area contributed by atoms with Crippen molar-refractivity contribution in [3.63, 3.8) is 0 Å². The summed E-state index contributed by atoms with van der Waals surface area (Å²) in [5.74, 6) is 0.563. The average Bonchev–Trinajstić information content (AvgIpc) is 3.71. The fourth-order valence-electron chi connectivity index (χ4n) is 7.43. The Morgan fingerprint density at radius 2 is 0.981 bits per heavy atom. The molecule has 8 aromatic rings. The van der Waals surface area contributed by atoms with Gasteiger partial charge >= 0.3 is 30.2 Å².